The molecule has 0 aliphatic heterocycles. The third-order valence-electron chi connectivity index (χ3n) is 4.85. The maximum atomic E-state index is 12.4. The maximum absolute atomic E-state index is 12.4. The summed E-state index contributed by atoms with van der Waals surface area (Å²) in [5.41, 5.74) is 4.46. The third-order valence-corrected chi connectivity index (χ3v) is 4.85. The summed E-state index contributed by atoms with van der Waals surface area (Å²) < 4.78 is 0. The van der Waals surface area contributed by atoms with Crippen LogP contribution in [0.25, 0.3) is 10.9 Å². The molecule has 2 aromatic carbocycles. The van der Waals surface area contributed by atoms with Crippen LogP contribution in [0.1, 0.15) is 29.7 Å². The van der Waals surface area contributed by atoms with Gasteiger partial charge < -0.3 is 10.3 Å². The molecule has 0 saturated carbocycles. The molecule has 0 bridgehead atoms. The minimum absolute atomic E-state index is 0.210. The number of aromatic amines is 1. The van der Waals surface area contributed by atoms with E-state index in [2.05, 4.69) is 31.2 Å². The number of imidazole rings is 1. The van der Waals surface area contributed by atoms with E-state index in [4.69, 9.17) is 6.42 Å². The van der Waals surface area contributed by atoms with Crippen LogP contribution in [0.15, 0.2) is 61.3 Å². The van der Waals surface area contributed by atoms with Gasteiger partial charge in [-0.2, -0.15) is 0 Å². The number of rotatable bonds is 8. The van der Waals surface area contributed by atoms with Crippen molar-refractivity contribution in [2.45, 2.75) is 25.7 Å². The first-order valence-electron chi connectivity index (χ1n) is 9.77. The molecule has 0 aliphatic carbocycles. The van der Waals surface area contributed by atoms with Crippen molar-refractivity contribution in [3.63, 3.8) is 0 Å². The summed E-state index contributed by atoms with van der Waals surface area (Å²) in [5, 5.41) is 4.18. The number of ketones is 1. The monoisotopic (exact) mass is 395 g/mol. The van der Waals surface area contributed by atoms with Crippen molar-refractivity contribution < 1.29 is 4.79 Å². The number of hydrogen-bond donors (Lipinski definition) is 2. The number of aromatic nitrogens is 4. The van der Waals surface area contributed by atoms with Crippen LogP contribution in [0.2, 0.25) is 0 Å². The second kappa shape index (κ2) is 9.01. The van der Waals surface area contributed by atoms with Crippen molar-refractivity contribution in [2.24, 2.45) is 0 Å². The molecule has 2 heterocycles. The first-order valence-corrected chi connectivity index (χ1v) is 9.77. The lowest BCUT2D eigenvalue weighted by Gasteiger charge is -2.10. The van der Waals surface area contributed by atoms with Gasteiger partial charge >= 0.3 is 0 Å². The molecule has 0 unspecified atom stereocenters. The zero-order valence-corrected chi connectivity index (χ0v) is 16.4. The topological polar surface area (TPSA) is 83.6 Å². The van der Waals surface area contributed by atoms with Gasteiger partial charge in [0.1, 0.15) is 17.9 Å². The standard InChI is InChI=1S/C24H21N5O/c1-2-17-5-3-6-19(11-17)29-24-22-13-18(9-10-23(22)27-16-28-24)12-21(30)8-4-7-20-14-25-15-26-20/h1,3,5-6,9-11,13-16H,4,7-8,12H2,(H,25,26)(H,27,28,29). The van der Waals surface area contributed by atoms with Crippen LogP contribution in [-0.2, 0) is 17.6 Å². The van der Waals surface area contributed by atoms with E-state index in [1.54, 1.807) is 12.5 Å². The number of carbonyl (C=O) groups is 1. The number of hydrogen-bond acceptors (Lipinski definition) is 5. The Morgan fingerprint density at radius 3 is 2.93 bits per heavy atom. The fourth-order valence-electron chi connectivity index (χ4n) is 3.35. The van der Waals surface area contributed by atoms with E-state index in [1.807, 2.05) is 42.5 Å². The molecule has 4 aromatic rings. The van der Waals surface area contributed by atoms with E-state index >= 15 is 0 Å². The molecule has 2 N–H and O–H groups in total. The molecule has 0 aliphatic rings. The van der Waals surface area contributed by atoms with E-state index in [0.717, 1.165) is 46.3 Å². The van der Waals surface area contributed by atoms with Crippen molar-refractivity contribution in [3.05, 3.63) is 78.1 Å². The zero-order chi connectivity index (χ0) is 20.8. The lowest BCUT2D eigenvalue weighted by atomic mass is 10.0. The molecule has 0 spiro atoms. The number of benzene rings is 2. The first-order chi connectivity index (χ1) is 14.7. The van der Waals surface area contributed by atoms with E-state index < -0.39 is 0 Å². The summed E-state index contributed by atoms with van der Waals surface area (Å²) >= 11 is 0. The van der Waals surface area contributed by atoms with Gasteiger partial charge in [0, 0.05) is 41.4 Å². The molecule has 0 fully saturated rings. The van der Waals surface area contributed by atoms with Crippen molar-refractivity contribution >= 4 is 28.2 Å². The quantitative estimate of drug-likeness (QED) is 0.437. The van der Waals surface area contributed by atoms with E-state index in [0.29, 0.717) is 18.7 Å². The van der Waals surface area contributed by atoms with Crippen LogP contribution in [0.3, 0.4) is 0 Å². The van der Waals surface area contributed by atoms with Gasteiger partial charge in [-0.25, -0.2) is 15.0 Å². The highest BCUT2D eigenvalue weighted by Crippen LogP contribution is 2.25. The number of fused-ring (bicyclic) bond motifs is 1. The summed E-state index contributed by atoms with van der Waals surface area (Å²) in [5.74, 6) is 3.52. The first kappa shape index (κ1) is 19.3. The lowest BCUT2D eigenvalue weighted by molar-refractivity contribution is -0.118. The van der Waals surface area contributed by atoms with Gasteiger partial charge in [0.25, 0.3) is 0 Å². The summed E-state index contributed by atoms with van der Waals surface area (Å²) in [7, 11) is 0. The fraction of sp³-hybridized carbons (Fsp3) is 0.167. The second-order valence-electron chi connectivity index (χ2n) is 7.07. The van der Waals surface area contributed by atoms with Gasteiger partial charge in [-0.3, -0.25) is 4.79 Å². The van der Waals surface area contributed by atoms with E-state index in [9.17, 15) is 4.79 Å². The Kier molecular flexibility index (Phi) is 5.81. The largest absolute Gasteiger partial charge is 0.348 e. The van der Waals surface area contributed by atoms with Crippen LogP contribution in [0.5, 0.6) is 0 Å². The molecule has 0 radical (unpaired) electrons. The molecular formula is C24H21N5O. The van der Waals surface area contributed by atoms with Crippen molar-refractivity contribution in [1.82, 2.24) is 19.9 Å². The highest BCUT2D eigenvalue weighted by Gasteiger charge is 2.09. The van der Waals surface area contributed by atoms with E-state index in [1.165, 1.54) is 6.33 Å². The highest BCUT2D eigenvalue weighted by molar-refractivity contribution is 5.92. The molecule has 148 valence electrons. The summed E-state index contributed by atoms with van der Waals surface area (Å²) in [6, 6.07) is 13.4. The van der Waals surface area contributed by atoms with Crippen molar-refractivity contribution in [3.8, 4) is 12.3 Å². The van der Waals surface area contributed by atoms with Gasteiger partial charge in [0.15, 0.2) is 0 Å². The van der Waals surface area contributed by atoms with Gasteiger partial charge in [-0.05, 0) is 48.7 Å². The molecule has 6 nitrogen and oxygen atoms in total. The van der Waals surface area contributed by atoms with Gasteiger partial charge in [0.05, 0.1) is 11.8 Å². The molecule has 6 heteroatoms. The Morgan fingerprint density at radius 1 is 1.17 bits per heavy atom. The minimum Gasteiger partial charge on any atom is -0.348 e. The van der Waals surface area contributed by atoms with Crippen LogP contribution in [-0.4, -0.2) is 25.7 Å². The molecule has 30 heavy (non-hydrogen) atoms. The second-order valence-corrected chi connectivity index (χ2v) is 7.07. The number of H-pyrrole nitrogens is 1. The van der Waals surface area contributed by atoms with Crippen LogP contribution in [0.4, 0.5) is 11.5 Å². The molecule has 2 aromatic heterocycles. The number of carbonyl (C=O) groups excluding carboxylic acids is 1. The maximum Gasteiger partial charge on any atom is 0.141 e. The minimum atomic E-state index is 0.210. The molecule has 0 saturated heterocycles. The van der Waals surface area contributed by atoms with E-state index in [-0.39, 0.29) is 5.78 Å². The summed E-state index contributed by atoms with van der Waals surface area (Å²) in [4.78, 5) is 28.2. The molecule has 4 rings (SSSR count). The Morgan fingerprint density at radius 2 is 2.10 bits per heavy atom. The number of Topliss-reactive ketones (excluding diaryl/α,β-unsaturated/α-hetero) is 1. The van der Waals surface area contributed by atoms with Gasteiger partial charge in [-0.1, -0.05) is 18.1 Å². The highest BCUT2D eigenvalue weighted by atomic mass is 16.1. The molecular weight excluding hydrogens is 374 g/mol. The Bertz CT molecular complexity index is 1210. The van der Waals surface area contributed by atoms with Crippen LogP contribution in [0, 0.1) is 12.3 Å². The SMILES string of the molecule is C#Cc1cccc(Nc2ncnc3ccc(CC(=O)CCCc4cnc[nH]4)cc23)c1. The predicted molar refractivity (Wildman–Crippen MR) is 117 cm³/mol. The molecule has 0 atom stereocenters. The normalized spacial score (nSPS) is 10.6. The Balaban J connectivity index is 1.48. The smallest absolute Gasteiger partial charge is 0.141 e. The average Bonchev–Trinajstić information content (AvgIpc) is 3.28. The number of nitrogens with zero attached hydrogens (tertiary/aromatic N) is 3. The summed E-state index contributed by atoms with van der Waals surface area (Å²) in [6.07, 6.45) is 13.0. The summed E-state index contributed by atoms with van der Waals surface area (Å²) in [6.45, 7) is 0. The van der Waals surface area contributed by atoms with Crippen LogP contribution >= 0.6 is 0 Å². The van der Waals surface area contributed by atoms with Gasteiger partial charge in [0.2, 0.25) is 0 Å². The number of nitrogens with one attached hydrogen (secondary N) is 2. The fourth-order valence-corrected chi connectivity index (χ4v) is 3.35. The number of terminal acetylenes is 1. The lowest BCUT2D eigenvalue weighted by Crippen LogP contribution is -2.04. The number of anilines is 2. The van der Waals surface area contributed by atoms with Crippen LogP contribution < -0.4 is 5.32 Å². The average molecular weight is 395 g/mol. The number of aryl methyl sites for hydroxylation is 1. The van der Waals surface area contributed by atoms with Crippen molar-refractivity contribution in [1.29, 1.82) is 0 Å². The Labute approximate surface area is 174 Å². The Hall–Kier alpha value is -3.98. The van der Waals surface area contributed by atoms with Crippen molar-refractivity contribution in [2.75, 3.05) is 5.32 Å². The third kappa shape index (κ3) is 4.70. The van der Waals surface area contributed by atoms with Gasteiger partial charge in [-0.15, -0.1) is 6.42 Å². The zero-order valence-electron chi connectivity index (χ0n) is 16.4. The molecule has 0 amide bonds. The predicted octanol–water partition coefficient (Wildman–Crippen LogP) is 4.21.